The second-order valence-corrected chi connectivity index (χ2v) is 16.9. The average molecular weight is 602 g/mol. The second kappa shape index (κ2) is 8.52. The van der Waals surface area contributed by atoms with Crippen molar-refractivity contribution in [2.24, 2.45) is 46.3 Å². The van der Waals surface area contributed by atoms with E-state index in [1.165, 1.54) is 0 Å². The summed E-state index contributed by atoms with van der Waals surface area (Å²) in [5.74, 6) is -2.76. The lowest BCUT2D eigenvalue weighted by atomic mass is 9.70. The van der Waals surface area contributed by atoms with Gasteiger partial charge in [-0.15, -0.1) is 0 Å². The molecular weight excluding hydrogens is 570 g/mol. The van der Waals surface area contributed by atoms with Gasteiger partial charge in [0.05, 0.1) is 13.2 Å². The first-order chi connectivity index (χ1) is 18.0. The van der Waals surface area contributed by atoms with Crippen molar-refractivity contribution in [3.63, 3.8) is 0 Å². The molecule has 0 aromatic rings. The number of alkyl halides is 4. The summed E-state index contributed by atoms with van der Waals surface area (Å²) in [5.41, 5.74) is -1.08. The Balaban J connectivity index is 1.08. The first-order valence-electron chi connectivity index (χ1n) is 13.3. The maximum Gasteiger partial charge on any atom is 0.455 e. The predicted octanol–water partition coefficient (Wildman–Crippen LogP) is 3.16. The van der Waals surface area contributed by atoms with Crippen molar-refractivity contribution in [1.82, 2.24) is 4.13 Å². The van der Waals surface area contributed by atoms with Crippen molar-refractivity contribution < 1.29 is 53.5 Å². The topological polar surface area (TPSA) is 133 Å². The molecule has 4 atom stereocenters. The highest BCUT2D eigenvalue weighted by molar-refractivity contribution is 8.06. The van der Waals surface area contributed by atoms with Crippen LogP contribution >= 0.6 is 0 Å². The van der Waals surface area contributed by atoms with Gasteiger partial charge in [-0.2, -0.15) is 17.6 Å². The lowest BCUT2D eigenvalue weighted by Gasteiger charge is -2.38. The van der Waals surface area contributed by atoms with Gasteiger partial charge in [-0.3, -0.25) is 0 Å². The Morgan fingerprint density at radius 2 is 0.949 bits per heavy atom. The number of ether oxygens (including phenoxy) is 2. The number of halogens is 4. The van der Waals surface area contributed by atoms with Gasteiger partial charge in [-0.05, 0) is 99.7 Å². The minimum absolute atomic E-state index is 0.185. The zero-order chi connectivity index (χ0) is 28.2. The molecule has 0 heterocycles. The number of rotatable bonds is 10. The van der Waals surface area contributed by atoms with Gasteiger partial charge in [0.25, 0.3) is 0 Å². The summed E-state index contributed by atoms with van der Waals surface area (Å²) in [5, 5.41) is -11.0. The minimum Gasteiger partial charge on any atom is -0.460 e. The van der Waals surface area contributed by atoms with E-state index in [2.05, 4.69) is 9.47 Å². The van der Waals surface area contributed by atoms with Gasteiger partial charge in [-0.1, -0.05) is 4.13 Å². The summed E-state index contributed by atoms with van der Waals surface area (Å²) in [6.45, 7) is -0.944. The van der Waals surface area contributed by atoms with E-state index in [9.17, 15) is 44.0 Å². The van der Waals surface area contributed by atoms with Crippen LogP contribution in [0.1, 0.15) is 64.2 Å². The molecule has 8 rings (SSSR count). The zero-order valence-electron chi connectivity index (χ0n) is 21.0. The molecule has 0 aliphatic heterocycles. The molecule has 220 valence electrons. The number of carbonyl (C=O) groups is 2. The highest BCUT2D eigenvalue weighted by atomic mass is 32.3. The average Bonchev–Trinajstić information content (AvgIpc) is 3.45. The van der Waals surface area contributed by atoms with E-state index in [0.717, 1.165) is 25.7 Å². The summed E-state index contributed by atoms with van der Waals surface area (Å²) >= 11 is 0. The number of carbonyl (C=O) groups excluding carboxylic acids is 2. The summed E-state index contributed by atoms with van der Waals surface area (Å²) < 4.78 is 116. The van der Waals surface area contributed by atoms with Gasteiger partial charge in [0.15, 0.2) is 0 Å². The molecule has 9 nitrogen and oxygen atoms in total. The molecule has 8 aliphatic carbocycles. The number of esters is 2. The van der Waals surface area contributed by atoms with Crippen molar-refractivity contribution in [2.75, 3.05) is 13.2 Å². The Labute approximate surface area is 223 Å². The summed E-state index contributed by atoms with van der Waals surface area (Å²) in [6.07, 6.45) is 8.00. The third-order valence-electron chi connectivity index (χ3n) is 10.5. The van der Waals surface area contributed by atoms with E-state index in [-0.39, 0.29) is 4.13 Å². The molecule has 0 spiro atoms. The van der Waals surface area contributed by atoms with Gasteiger partial charge in [0.1, 0.15) is 0 Å². The normalized spacial score (nSPS) is 40.4. The Morgan fingerprint density at radius 1 is 0.641 bits per heavy atom. The zero-order valence-corrected chi connectivity index (χ0v) is 22.7. The van der Waals surface area contributed by atoms with E-state index >= 15 is 0 Å². The molecule has 8 bridgehead atoms. The van der Waals surface area contributed by atoms with Crippen LogP contribution in [-0.4, -0.2) is 52.5 Å². The van der Waals surface area contributed by atoms with Gasteiger partial charge in [0, 0.05) is 10.8 Å². The maximum atomic E-state index is 14.6. The van der Waals surface area contributed by atoms with Crippen LogP contribution in [0.2, 0.25) is 0 Å². The Hall–Kier alpha value is -1.48. The van der Waals surface area contributed by atoms with E-state index in [4.69, 9.17) is 0 Å². The van der Waals surface area contributed by atoms with Gasteiger partial charge < -0.3 is 9.47 Å². The molecule has 15 heteroatoms. The quantitative estimate of drug-likeness (QED) is 0.298. The van der Waals surface area contributed by atoms with E-state index in [0.29, 0.717) is 74.0 Å². The van der Waals surface area contributed by atoms with Crippen molar-refractivity contribution >= 4 is 32.0 Å². The monoisotopic (exact) mass is 601 g/mol. The smallest absolute Gasteiger partial charge is 0.455 e. The number of hydrogen-bond donors (Lipinski definition) is 1. The molecule has 0 aromatic heterocycles. The van der Waals surface area contributed by atoms with E-state index < -0.39 is 66.5 Å². The van der Waals surface area contributed by atoms with Crippen LogP contribution in [-0.2, 0) is 39.1 Å². The number of nitrogens with one attached hydrogen (secondary N) is 1. The molecule has 39 heavy (non-hydrogen) atoms. The fourth-order valence-electron chi connectivity index (χ4n) is 9.39. The Kier molecular flexibility index (Phi) is 6.05. The van der Waals surface area contributed by atoms with Crippen molar-refractivity contribution in [3.05, 3.63) is 0 Å². The standard InChI is InChI=1S/C24H31F4NO8S2/c25-23(26,19(30)36-11-21-5-13-1-15(7-21)16(2-13)8-21)38(32,33)29-39(34,35)24(27,28)20(31)37-12-22-6-14-3-17(9-22)18(4-14)10-22/h13-18,29H,1-12H2. The highest BCUT2D eigenvalue weighted by Gasteiger charge is 2.64. The van der Waals surface area contributed by atoms with Crippen LogP contribution in [0.15, 0.2) is 0 Å². The van der Waals surface area contributed by atoms with Crippen molar-refractivity contribution in [2.45, 2.75) is 74.7 Å². The van der Waals surface area contributed by atoms with Gasteiger partial charge >= 0.3 is 42.5 Å². The van der Waals surface area contributed by atoms with E-state index in [1.54, 1.807) is 0 Å². The minimum atomic E-state index is -6.58. The fraction of sp³-hybridized carbons (Fsp3) is 0.917. The Morgan fingerprint density at radius 3 is 1.23 bits per heavy atom. The van der Waals surface area contributed by atoms with Crippen LogP contribution in [0.5, 0.6) is 0 Å². The van der Waals surface area contributed by atoms with Crippen LogP contribution in [0, 0.1) is 46.3 Å². The van der Waals surface area contributed by atoms with E-state index in [1.807, 2.05) is 0 Å². The van der Waals surface area contributed by atoms with Gasteiger partial charge in [-0.25, -0.2) is 26.4 Å². The SMILES string of the molecule is O=C(OCC12CC3CC(C1)C(C3)C2)C(F)(F)S(=O)(=O)NS(=O)(=O)C(F)(F)C(=O)OCC12CC3CC(C1)C(C3)C2. The molecule has 8 fully saturated rings. The van der Waals surface area contributed by atoms with Crippen LogP contribution in [0.4, 0.5) is 17.6 Å². The largest absolute Gasteiger partial charge is 0.460 e. The molecular formula is C24H31F4NO8S2. The molecule has 0 saturated heterocycles. The molecule has 4 unspecified atom stereocenters. The predicted molar refractivity (Wildman–Crippen MR) is 125 cm³/mol. The summed E-state index contributed by atoms with van der Waals surface area (Å²) in [6, 6.07) is 0. The lowest BCUT2D eigenvalue weighted by Crippen LogP contribution is -2.54. The molecule has 8 aliphatic rings. The fourth-order valence-corrected chi connectivity index (χ4v) is 11.9. The third kappa shape index (κ3) is 4.31. The second-order valence-electron chi connectivity index (χ2n) is 13.2. The maximum absolute atomic E-state index is 14.6. The van der Waals surface area contributed by atoms with Crippen LogP contribution in [0.3, 0.4) is 0 Å². The lowest BCUT2D eigenvalue weighted by molar-refractivity contribution is -0.166. The molecule has 8 saturated carbocycles. The molecule has 0 aromatic carbocycles. The van der Waals surface area contributed by atoms with Crippen LogP contribution in [0.25, 0.3) is 0 Å². The Bertz CT molecular complexity index is 1170. The highest BCUT2D eigenvalue weighted by Crippen LogP contribution is 2.65. The first-order valence-corrected chi connectivity index (χ1v) is 16.3. The van der Waals surface area contributed by atoms with Crippen molar-refractivity contribution in [3.8, 4) is 0 Å². The molecule has 0 radical (unpaired) electrons. The summed E-state index contributed by atoms with van der Waals surface area (Å²) in [4.78, 5) is 24.2. The molecule has 0 amide bonds. The van der Waals surface area contributed by atoms with Gasteiger partial charge in [0.2, 0.25) is 0 Å². The summed E-state index contributed by atoms with van der Waals surface area (Å²) in [7, 11) is -13.2. The first kappa shape index (κ1) is 27.7. The van der Waals surface area contributed by atoms with Crippen molar-refractivity contribution in [1.29, 1.82) is 0 Å². The number of hydrogen-bond acceptors (Lipinski definition) is 8. The van der Waals surface area contributed by atoms with Crippen LogP contribution < -0.4 is 4.13 Å². The number of sulfonamides is 2. The third-order valence-corrected chi connectivity index (χ3v) is 13.9. The molecule has 1 N–H and O–H groups in total.